The lowest BCUT2D eigenvalue weighted by molar-refractivity contribution is 1.65. The normalized spacial score (nSPS) is 7.00. The van der Waals surface area contributed by atoms with Crippen molar-refractivity contribution >= 4 is 11.0 Å². The third kappa shape index (κ3) is 2.16. The fourth-order valence-electron chi connectivity index (χ4n) is 0.534. The molecule has 0 saturated heterocycles. The second-order valence-corrected chi connectivity index (χ2v) is 1.51. The van der Waals surface area contributed by atoms with Crippen LogP contribution in [0.3, 0.4) is 0 Å². The fourth-order valence-corrected chi connectivity index (χ4v) is 0.534. The molecule has 0 N–H and O–H groups in total. The molecule has 1 heteroatoms. The van der Waals surface area contributed by atoms with Gasteiger partial charge in [-0.3, -0.25) is 0 Å². The van der Waals surface area contributed by atoms with Crippen LogP contribution in [0, 0.1) is 12.3 Å². The molecule has 1 rings (SSSR count). The molecule has 0 heterocycles. The molecule has 0 amide bonds. The van der Waals surface area contributed by atoms with Crippen LogP contribution in [0.4, 0.5) is 0 Å². The number of hydrogen-bond acceptors (Lipinski definition) is 0. The summed E-state index contributed by atoms with van der Waals surface area (Å²) in [5.41, 5.74) is 0.938. The van der Waals surface area contributed by atoms with Crippen LogP contribution < -0.4 is 0 Å². The molecule has 0 aliphatic carbocycles. The first-order chi connectivity index (χ1) is 3.93. The van der Waals surface area contributed by atoms with Crippen LogP contribution in [0.25, 0.3) is 0 Å². The lowest BCUT2D eigenvalue weighted by Crippen LogP contribution is -1.66. The SMILES string of the molecule is C#Cc1ccccc1.[Si]. The van der Waals surface area contributed by atoms with Gasteiger partial charge < -0.3 is 0 Å². The van der Waals surface area contributed by atoms with Gasteiger partial charge in [-0.1, -0.05) is 24.1 Å². The molecule has 0 aromatic heterocycles. The average Bonchev–Trinajstić information content (AvgIpc) is 1.90. The van der Waals surface area contributed by atoms with Gasteiger partial charge in [0.25, 0.3) is 0 Å². The second kappa shape index (κ2) is 3.93. The molecule has 4 radical (unpaired) electrons. The summed E-state index contributed by atoms with van der Waals surface area (Å²) in [4.78, 5) is 0. The van der Waals surface area contributed by atoms with E-state index in [1.807, 2.05) is 30.3 Å². The molecule has 0 bridgehead atoms. The quantitative estimate of drug-likeness (QED) is 0.366. The summed E-state index contributed by atoms with van der Waals surface area (Å²) in [6, 6.07) is 9.60. The number of rotatable bonds is 0. The largest absolute Gasteiger partial charge is 0.115 e. The molecule has 0 atom stereocenters. The predicted molar refractivity (Wildman–Crippen MR) is 40.1 cm³/mol. The lowest BCUT2D eigenvalue weighted by atomic mass is 10.2. The summed E-state index contributed by atoms with van der Waals surface area (Å²) in [5.74, 6) is 2.53. The van der Waals surface area contributed by atoms with E-state index in [2.05, 4.69) is 5.92 Å². The highest BCUT2D eigenvalue weighted by atomic mass is 28.1. The van der Waals surface area contributed by atoms with Crippen LogP contribution in [0.2, 0.25) is 0 Å². The average molecular weight is 130 g/mol. The molecule has 0 aliphatic rings. The standard InChI is InChI=1S/C8H6.Si/c1-2-8-6-4-3-5-7-8;/h1,3-7H;. The number of terminal acetylenes is 1. The van der Waals surface area contributed by atoms with Crippen molar-refractivity contribution in [3.8, 4) is 12.3 Å². The predicted octanol–water partition coefficient (Wildman–Crippen LogP) is 1.29. The summed E-state index contributed by atoms with van der Waals surface area (Å²) in [5, 5.41) is 0. The maximum atomic E-state index is 5.10. The highest BCUT2D eigenvalue weighted by molar-refractivity contribution is 5.75. The smallest absolute Gasteiger partial charge is 0.0242 e. The van der Waals surface area contributed by atoms with Gasteiger partial charge in [0, 0.05) is 16.5 Å². The van der Waals surface area contributed by atoms with E-state index in [-0.39, 0.29) is 11.0 Å². The van der Waals surface area contributed by atoms with Gasteiger partial charge in [0.05, 0.1) is 0 Å². The van der Waals surface area contributed by atoms with Gasteiger partial charge in [-0.15, -0.1) is 6.42 Å². The van der Waals surface area contributed by atoms with Gasteiger partial charge in [-0.25, -0.2) is 0 Å². The van der Waals surface area contributed by atoms with Gasteiger partial charge in [-0.05, 0) is 12.1 Å². The van der Waals surface area contributed by atoms with E-state index >= 15 is 0 Å². The van der Waals surface area contributed by atoms with Crippen LogP contribution in [0.1, 0.15) is 5.56 Å². The van der Waals surface area contributed by atoms with Crippen LogP contribution in [-0.2, 0) is 0 Å². The van der Waals surface area contributed by atoms with Gasteiger partial charge in [0.1, 0.15) is 0 Å². The summed E-state index contributed by atoms with van der Waals surface area (Å²) in [6.07, 6.45) is 5.10. The molecular formula is C8H6Si. The van der Waals surface area contributed by atoms with Crippen LogP contribution in [0.15, 0.2) is 30.3 Å². The summed E-state index contributed by atoms with van der Waals surface area (Å²) < 4.78 is 0. The Kier molecular flexibility index (Phi) is 3.50. The Morgan fingerprint density at radius 3 is 2.00 bits per heavy atom. The Labute approximate surface area is 59.9 Å². The molecule has 0 fully saturated rings. The summed E-state index contributed by atoms with van der Waals surface area (Å²) in [6.45, 7) is 0. The molecule has 0 nitrogen and oxygen atoms in total. The van der Waals surface area contributed by atoms with Crippen molar-refractivity contribution < 1.29 is 0 Å². The first kappa shape index (κ1) is 8.00. The Hall–Kier alpha value is -1.00. The first-order valence-corrected chi connectivity index (χ1v) is 2.45. The molecule has 9 heavy (non-hydrogen) atoms. The molecule has 42 valence electrons. The molecule has 0 unspecified atom stereocenters. The van der Waals surface area contributed by atoms with Crippen molar-refractivity contribution in [3.05, 3.63) is 35.9 Å². The fraction of sp³-hybridized carbons (Fsp3) is 0. The zero-order valence-electron chi connectivity index (χ0n) is 4.96. The van der Waals surface area contributed by atoms with E-state index in [1.54, 1.807) is 0 Å². The minimum Gasteiger partial charge on any atom is -0.115 e. The van der Waals surface area contributed by atoms with Crippen molar-refractivity contribution in [1.29, 1.82) is 0 Å². The Bertz CT molecular complexity index is 196. The van der Waals surface area contributed by atoms with Gasteiger partial charge in [0.15, 0.2) is 0 Å². The monoisotopic (exact) mass is 130 g/mol. The molecule has 0 aliphatic heterocycles. The van der Waals surface area contributed by atoms with Crippen molar-refractivity contribution in [3.63, 3.8) is 0 Å². The molecule has 0 saturated carbocycles. The Morgan fingerprint density at radius 2 is 1.67 bits per heavy atom. The maximum absolute atomic E-state index is 5.10. The lowest BCUT2D eigenvalue weighted by Gasteiger charge is -1.82. The zero-order valence-corrected chi connectivity index (χ0v) is 5.96. The Balaban J connectivity index is 0.000000640. The minimum absolute atomic E-state index is 0. The molecular weight excluding hydrogens is 124 g/mol. The Morgan fingerprint density at radius 1 is 1.11 bits per heavy atom. The highest BCUT2D eigenvalue weighted by Gasteiger charge is 1.76. The summed E-state index contributed by atoms with van der Waals surface area (Å²) in [7, 11) is 0. The van der Waals surface area contributed by atoms with Gasteiger partial charge >= 0.3 is 0 Å². The maximum Gasteiger partial charge on any atom is 0.0242 e. The van der Waals surface area contributed by atoms with E-state index < -0.39 is 0 Å². The van der Waals surface area contributed by atoms with Crippen LogP contribution in [0.5, 0.6) is 0 Å². The highest BCUT2D eigenvalue weighted by Crippen LogP contribution is 1.92. The third-order valence-corrected chi connectivity index (χ3v) is 0.940. The van der Waals surface area contributed by atoms with E-state index in [0.29, 0.717) is 0 Å². The van der Waals surface area contributed by atoms with E-state index in [9.17, 15) is 0 Å². The van der Waals surface area contributed by atoms with Crippen molar-refractivity contribution in [2.45, 2.75) is 0 Å². The number of benzene rings is 1. The minimum atomic E-state index is 0. The zero-order chi connectivity index (χ0) is 5.82. The van der Waals surface area contributed by atoms with Crippen LogP contribution in [-0.4, -0.2) is 11.0 Å². The second-order valence-electron chi connectivity index (χ2n) is 1.51. The topological polar surface area (TPSA) is 0 Å². The third-order valence-electron chi connectivity index (χ3n) is 0.940. The van der Waals surface area contributed by atoms with Gasteiger partial charge in [0.2, 0.25) is 0 Å². The van der Waals surface area contributed by atoms with Crippen LogP contribution >= 0.6 is 0 Å². The van der Waals surface area contributed by atoms with Crippen molar-refractivity contribution in [2.75, 3.05) is 0 Å². The summed E-state index contributed by atoms with van der Waals surface area (Å²) >= 11 is 0. The van der Waals surface area contributed by atoms with Gasteiger partial charge in [-0.2, -0.15) is 0 Å². The van der Waals surface area contributed by atoms with Crippen molar-refractivity contribution in [1.82, 2.24) is 0 Å². The molecule has 1 aromatic rings. The molecule has 1 aromatic carbocycles. The van der Waals surface area contributed by atoms with E-state index in [4.69, 9.17) is 6.42 Å². The van der Waals surface area contributed by atoms with E-state index in [0.717, 1.165) is 5.56 Å². The van der Waals surface area contributed by atoms with Crippen molar-refractivity contribution in [2.24, 2.45) is 0 Å². The number of hydrogen-bond donors (Lipinski definition) is 0. The first-order valence-electron chi connectivity index (χ1n) is 2.45. The molecule has 0 spiro atoms. The van der Waals surface area contributed by atoms with E-state index in [1.165, 1.54) is 0 Å².